The van der Waals surface area contributed by atoms with E-state index >= 15 is 0 Å². The van der Waals surface area contributed by atoms with Crippen LogP contribution >= 0.6 is 0 Å². The maximum absolute atomic E-state index is 12.3. The maximum Gasteiger partial charge on any atom is 0.417 e. The Kier molecular flexibility index (Phi) is 3.25. The van der Waals surface area contributed by atoms with E-state index in [1.54, 1.807) is 0 Å². The van der Waals surface area contributed by atoms with Crippen molar-refractivity contribution in [2.45, 2.75) is 18.6 Å². The fourth-order valence-electron chi connectivity index (χ4n) is 1.82. The highest BCUT2D eigenvalue weighted by Gasteiger charge is 2.31. The maximum atomic E-state index is 12.3. The fraction of sp³-hybridized carbons (Fsp3) is 0.455. The third kappa shape index (κ3) is 2.61. The number of carbonyl (C=O) groups is 1. The first kappa shape index (κ1) is 12.8. The largest absolute Gasteiger partial charge is 0.417 e. The number of nitrogens with zero attached hydrogens (tertiary/aromatic N) is 2. The molecule has 1 fully saturated rings. The minimum Gasteiger partial charge on any atom is -0.336 e. The van der Waals surface area contributed by atoms with Crippen molar-refractivity contribution in [1.29, 1.82) is 0 Å². The second-order valence-corrected chi connectivity index (χ2v) is 4.23. The van der Waals surface area contributed by atoms with Gasteiger partial charge >= 0.3 is 6.18 Å². The van der Waals surface area contributed by atoms with Gasteiger partial charge in [0.05, 0.1) is 5.56 Å². The number of amides is 1. The summed E-state index contributed by atoms with van der Waals surface area (Å²) in [6, 6.07) is 1.88. The lowest BCUT2D eigenvalue weighted by Crippen LogP contribution is -2.32. The molecule has 1 atom stereocenters. The predicted octanol–water partition coefficient (Wildman–Crippen LogP) is 1.27. The van der Waals surface area contributed by atoms with Gasteiger partial charge in [0.1, 0.15) is 5.69 Å². The minimum absolute atomic E-state index is 0.0112. The van der Waals surface area contributed by atoms with Crippen LogP contribution in [-0.4, -0.2) is 34.9 Å². The second-order valence-electron chi connectivity index (χ2n) is 4.23. The first-order valence-electron chi connectivity index (χ1n) is 5.46. The van der Waals surface area contributed by atoms with Gasteiger partial charge in [-0.25, -0.2) is 0 Å². The molecular formula is C11H12F3N3O. The van der Waals surface area contributed by atoms with Crippen LogP contribution in [-0.2, 0) is 6.18 Å². The zero-order chi connectivity index (χ0) is 13.3. The molecule has 7 heteroatoms. The average molecular weight is 259 g/mol. The zero-order valence-electron chi connectivity index (χ0n) is 9.44. The van der Waals surface area contributed by atoms with E-state index in [0.29, 0.717) is 25.7 Å². The van der Waals surface area contributed by atoms with Crippen LogP contribution in [0.15, 0.2) is 18.3 Å². The van der Waals surface area contributed by atoms with Gasteiger partial charge in [0.15, 0.2) is 0 Å². The third-order valence-electron chi connectivity index (χ3n) is 2.82. The van der Waals surface area contributed by atoms with Crippen LogP contribution < -0.4 is 5.73 Å². The standard InChI is InChI=1S/C11H12F3N3O/c12-11(13,14)7-1-2-9(16-5-7)10(18)17-4-3-8(15)6-17/h1-2,5,8H,3-4,6,15H2/t8-/m1/s1. The number of hydrogen-bond donors (Lipinski definition) is 1. The van der Waals surface area contributed by atoms with Crippen molar-refractivity contribution >= 4 is 5.91 Å². The Morgan fingerprint density at radius 3 is 2.61 bits per heavy atom. The number of alkyl halides is 3. The van der Waals surface area contributed by atoms with Crippen LogP contribution in [0.3, 0.4) is 0 Å². The van der Waals surface area contributed by atoms with Crippen molar-refractivity contribution in [2.75, 3.05) is 13.1 Å². The van der Waals surface area contributed by atoms with Crippen LogP contribution in [0.1, 0.15) is 22.5 Å². The molecule has 0 radical (unpaired) electrons. The van der Waals surface area contributed by atoms with E-state index in [9.17, 15) is 18.0 Å². The summed E-state index contributed by atoms with van der Waals surface area (Å²) in [5, 5.41) is 0. The Morgan fingerprint density at radius 1 is 1.44 bits per heavy atom. The van der Waals surface area contributed by atoms with Crippen LogP contribution in [0, 0.1) is 0 Å². The van der Waals surface area contributed by atoms with Crippen LogP contribution in [0.5, 0.6) is 0 Å². The molecule has 1 amide bonds. The van der Waals surface area contributed by atoms with Crippen LogP contribution in [0.2, 0.25) is 0 Å². The molecule has 2 rings (SSSR count). The lowest BCUT2D eigenvalue weighted by Gasteiger charge is -2.15. The number of hydrogen-bond acceptors (Lipinski definition) is 3. The van der Waals surface area contributed by atoms with Gasteiger partial charge in [0.25, 0.3) is 5.91 Å². The van der Waals surface area contributed by atoms with Crippen molar-refractivity contribution < 1.29 is 18.0 Å². The molecular weight excluding hydrogens is 247 g/mol. The van der Waals surface area contributed by atoms with Gasteiger partial charge in [-0.1, -0.05) is 0 Å². The van der Waals surface area contributed by atoms with Gasteiger partial charge in [-0.2, -0.15) is 13.2 Å². The van der Waals surface area contributed by atoms with Crippen LogP contribution in [0.25, 0.3) is 0 Å². The van der Waals surface area contributed by atoms with Gasteiger partial charge in [0.2, 0.25) is 0 Å². The van der Waals surface area contributed by atoms with E-state index < -0.39 is 11.7 Å². The van der Waals surface area contributed by atoms with E-state index in [0.717, 1.165) is 12.1 Å². The van der Waals surface area contributed by atoms with E-state index in [4.69, 9.17) is 5.73 Å². The highest BCUT2D eigenvalue weighted by Crippen LogP contribution is 2.28. The smallest absolute Gasteiger partial charge is 0.336 e. The normalized spacial score (nSPS) is 20.2. The molecule has 2 N–H and O–H groups in total. The van der Waals surface area contributed by atoms with Crippen molar-refractivity contribution in [3.8, 4) is 0 Å². The molecule has 1 aliphatic rings. The molecule has 0 bridgehead atoms. The summed E-state index contributed by atoms with van der Waals surface area (Å²) in [6.45, 7) is 0.935. The highest BCUT2D eigenvalue weighted by atomic mass is 19.4. The fourth-order valence-corrected chi connectivity index (χ4v) is 1.82. The molecule has 2 heterocycles. The molecule has 0 saturated carbocycles. The summed E-state index contributed by atoms with van der Waals surface area (Å²) in [5.74, 6) is -0.378. The Hall–Kier alpha value is -1.63. The Labute approximate surface area is 102 Å². The van der Waals surface area contributed by atoms with Gasteiger partial charge < -0.3 is 10.6 Å². The number of nitrogens with two attached hydrogens (primary N) is 1. The average Bonchev–Trinajstić information content (AvgIpc) is 2.74. The monoisotopic (exact) mass is 259 g/mol. The van der Waals surface area contributed by atoms with E-state index in [1.165, 1.54) is 4.90 Å². The molecule has 0 aromatic carbocycles. The predicted molar refractivity (Wildman–Crippen MR) is 57.7 cm³/mol. The summed E-state index contributed by atoms with van der Waals surface area (Å²) in [7, 11) is 0. The second kappa shape index (κ2) is 4.56. The summed E-state index contributed by atoms with van der Waals surface area (Å²) < 4.78 is 37.0. The lowest BCUT2D eigenvalue weighted by atomic mass is 10.2. The Bertz CT molecular complexity index is 444. The molecule has 4 nitrogen and oxygen atoms in total. The lowest BCUT2D eigenvalue weighted by molar-refractivity contribution is -0.137. The quantitative estimate of drug-likeness (QED) is 0.826. The summed E-state index contributed by atoms with van der Waals surface area (Å²) in [5.41, 5.74) is 4.81. The van der Waals surface area contributed by atoms with E-state index in [2.05, 4.69) is 4.98 Å². The first-order valence-corrected chi connectivity index (χ1v) is 5.46. The van der Waals surface area contributed by atoms with Crippen molar-refractivity contribution in [1.82, 2.24) is 9.88 Å². The van der Waals surface area contributed by atoms with Gasteiger partial charge in [-0.05, 0) is 18.6 Å². The molecule has 0 unspecified atom stereocenters. The van der Waals surface area contributed by atoms with E-state index in [1.807, 2.05) is 0 Å². The Balaban J connectivity index is 2.12. The molecule has 98 valence electrons. The van der Waals surface area contributed by atoms with Gasteiger partial charge in [0, 0.05) is 25.3 Å². The number of aromatic nitrogens is 1. The Morgan fingerprint density at radius 2 is 2.17 bits per heavy atom. The van der Waals surface area contributed by atoms with Crippen molar-refractivity contribution in [3.63, 3.8) is 0 Å². The summed E-state index contributed by atoms with van der Waals surface area (Å²) >= 11 is 0. The number of halogens is 3. The molecule has 1 saturated heterocycles. The van der Waals surface area contributed by atoms with Gasteiger partial charge in [-0.3, -0.25) is 9.78 Å². The van der Waals surface area contributed by atoms with Crippen molar-refractivity contribution in [2.24, 2.45) is 5.73 Å². The van der Waals surface area contributed by atoms with E-state index in [-0.39, 0.29) is 17.6 Å². The minimum atomic E-state index is -4.44. The molecule has 1 aliphatic heterocycles. The molecule has 0 aliphatic carbocycles. The molecule has 1 aromatic heterocycles. The number of carbonyl (C=O) groups excluding carboxylic acids is 1. The SMILES string of the molecule is N[C@@H]1CCN(C(=O)c2ccc(C(F)(F)F)cn2)C1. The summed E-state index contributed by atoms with van der Waals surface area (Å²) in [4.78, 5) is 16.9. The first-order chi connectivity index (χ1) is 8.38. The molecule has 18 heavy (non-hydrogen) atoms. The van der Waals surface area contributed by atoms with Crippen molar-refractivity contribution in [3.05, 3.63) is 29.6 Å². The number of pyridine rings is 1. The third-order valence-corrected chi connectivity index (χ3v) is 2.82. The van der Waals surface area contributed by atoms with Gasteiger partial charge in [-0.15, -0.1) is 0 Å². The molecule has 1 aromatic rings. The number of rotatable bonds is 1. The number of likely N-dealkylation sites (tertiary alicyclic amines) is 1. The topological polar surface area (TPSA) is 59.2 Å². The molecule has 0 spiro atoms. The summed E-state index contributed by atoms with van der Waals surface area (Å²) in [6.07, 6.45) is -3.07. The zero-order valence-corrected chi connectivity index (χ0v) is 9.44. The highest BCUT2D eigenvalue weighted by molar-refractivity contribution is 5.92. The van der Waals surface area contributed by atoms with Crippen LogP contribution in [0.4, 0.5) is 13.2 Å².